The van der Waals surface area contributed by atoms with Gasteiger partial charge in [-0.25, -0.2) is 0 Å². The fraction of sp³-hybridized carbons (Fsp3) is 0.259. The van der Waals surface area contributed by atoms with Crippen LogP contribution in [0.5, 0.6) is 5.75 Å². The number of aliphatic hydroxyl groups is 1. The van der Waals surface area contributed by atoms with Crippen LogP contribution < -0.4 is 4.74 Å². The van der Waals surface area contributed by atoms with Crippen molar-refractivity contribution in [2.75, 3.05) is 20.3 Å². The number of methoxy groups -OCH3 is 1. The highest BCUT2D eigenvalue weighted by molar-refractivity contribution is 6.46. The zero-order valence-corrected chi connectivity index (χ0v) is 19.4. The molecule has 0 saturated carbocycles. The van der Waals surface area contributed by atoms with Crippen LogP contribution in [0.25, 0.3) is 5.76 Å². The number of benzene rings is 2. The van der Waals surface area contributed by atoms with Crippen LogP contribution in [0.1, 0.15) is 34.3 Å². The first-order chi connectivity index (χ1) is 16.4. The summed E-state index contributed by atoms with van der Waals surface area (Å²) in [7, 11) is 1.52. The Morgan fingerprint density at radius 1 is 1.06 bits per heavy atom. The Bertz CT molecular complexity index is 1220. The van der Waals surface area contributed by atoms with Gasteiger partial charge in [0, 0.05) is 19.2 Å². The number of carbonyl (C=O) groups is 2. The third kappa shape index (κ3) is 4.75. The van der Waals surface area contributed by atoms with E-state index in [9.17, 15) is 14.7 Å². The highest BCUT2D eigenvalue weighted by atomic mass is 16.5. The predicted molar refractivity (Wildman–Crippen MR) is 126 cm³/mol. The van der Waals surface area contributed by atoms with Crippen molar-refractivity contribution in [3.05, 3.63) is 94.4 Å². The Balaban J connectivity index is 1.62. The fourth-order valence-electron chi connectivity index (χ4n) is 4.03. The van der Waals surface area contributed by atoms with Crippen molar-refractivity contribution >= 4 is 17.4 Å². The predicted octanol–water partition coefficient (Wildman–Crippen LogP) is 4.54. The number of furan rings is 1. The van der Waals surface area contributed by atoms with E-state index in [1.807, 2.05) is 25.1 Å². The summed E-state index contributed by atoms with van der Waals surface area (Å²) in [6.45, 7) is 4.65. The van der Waals surface area contributed by atoms with Crippen molar-refractivity contribution < 1.29 is 28.6 Å². The number of hydrogen-bond donors (Lipinski definition) is 1. The molecule has 0 unspecified atom stereocenters. The maximum atomic E-state index is 12.9. The molecule has 0 radical (unpaired) electrons. The van der Waals surface area contributed by atoms with Gasteiger partial charge in [-0.3, -0.25) is 9.59 Å². The minimum absolute atomic E-state index is 0.0103. The number of aryl methyl sites for hydroxylation is 2. The SMILES string of the molecule is COCCN1C(=O)C(=O)C(=C(O)c2ccc(OCc3cccc(C)c3)cc2)[C@@H]1c1ccc(C)o1. The van der Waals surface area contributed by atoms with Crippen LogP contribution in [0.15, 0.2) is 70.7 Å². The first-order valence-corrected chi connectivity index (χ1v) is 11.0. The van der Waals surface area contributed by atoms with E-state index in [1.165, 1.54) is 12.0 Å². The van der Waals surface area contributed by atoms with Crippen LogP contribution in [0, 0.1) is 13.8 Å². The molecule has 0 bridgehead atoms. The quantitative estimate of drug-likeness (QED) is 0.301. The van der Waals surface area contributed by atoms with E-state index in [4.69, 9.17) is 13.9 Å². The molecule has 7 heteroatoms. The summed E-state index contributed by atoms with van der Waals surface area (Å²) in [6, 6.07) is 17.4. The molecule has 2 aromatic carbocycles. The van der Waals surface area contributed by atoms with Crippen LogP contribution in [-0.4, -0.2) is 42.0 Å². The third-order valence-corrected chi connectivity index (χ3v) is 5.72. The Hall–Kier alpha value is -3.84. The topological polar surface area (TPSA) is 89.2 Å². The van der Waals surface area contributed by atoms with Crippen molar-refractivity contribution in [3.8, 4) is 5.75 Å². The molecule has 1 saturated heterocycles. The van der Waals surface area contributed by atoms with E-state index in [0.717, 1.165) is 11.1 Å². The molecule has 176 valence electrons. The lowest BCUT2D eigenvalue weighted by molar-refractivity contribution is -0.140. The maximum absolute atomic E-state index is 12.9. The van der Waals surface area contributed by atoms with E-state index in [0.29, 0.717) is 29.4 Å². The van der Waals surface area contributed by atoms with Gasteiger partial charge < -0.3 is 23.9 Å². The first-order valence-electron chi connectivity index (χ1n) is 11.0. The largest absolute Gasteiger partial charge is 0.507 e. The number of aliphatic hydroxyl groups excluding tert-OH is 1. The number of ketones is 1. The smallest absolute Gasteiger partial charge is 0.295 e. The summed E-state index contributed by atoms with van der Waals surface area (Å²) in [5, 5.41) is 11.1. The summed E-state index contributed by atoms with van der Waals surface area (Å²) in [6.07, 6.45) is 0. The van der Waals surface area contributed by atoms with Crippen LogP contribution >= 0.6 is 0 Å². The Kier molecular flexibility index (Phi) is 6.84. The van der Waals surface area contributed by atoms with E-state index >= 15 is 0 Å². The first kappa shape index (κ1) is 23.3. The second-order valence-corrected chi connectivity index (χ2v) is 8.24. The molecular weight excluding hydrogens is 434 g/mol. The third-order valence-electron chi connectivity index (χ3n) is 5.72. The molecule has 1 aromatic heterocycles. The second-order valence-electron chi connectivity index (χ2n) is 8.24. The lowest BCUT2D eigenvalue weighted by Gasteiger charge is -2.22. The van der Waals surface area contributed by atoms with Gasteiger partial charge in [0.2, 0.25) is 0 Å². The normalized spacial score (nSPS) is 17.4. The molecule has 4 rings (SSSR count). The van der Waals surface area contributed by atoms with Crippen LogP contribution in [-0.2, 0) is 20.9 Å². The molecule has 0 spiro atoms. The van der Waals surface area contributed by atoms with Gasteiger partial charge in [-0.15, -0.1) is 0 Å². The van der Waals surface area contributed by atoms with Gasteiger partial charge >= 0.3 is 0 Å². The molecule has 1 aliphatic rings. The van der Waals surface area contributed by atoms with Crippen molar-refractivity contribution in [2.45, 2.75) is 26.5 Å². The van der Waals surface area contributed by atoms with E-state index < -0.39 is 17.7 Å². The standard InChI is InChI=1S/C27H27NO6/c1-17-5-4-6-19(15-17)16-33-21-10-8-20(9-11-21)25(29)23-24(22-12-7-18(2)34-22)28(13-14-32-3)27(31)26(23)30/h4-12,15,24,29H,13-14,16H2,1-3H3/t24-/m0/s1. The zero-order valence-electron chi connectivity index (χ0n) is 19.4. The van der Waals surface area contributed by atoms with Gasteiger partial charge in [0.15, 0.2) is 0 Å². The number of hydrogen-bond acceptors (Lipinski definition) is 6. The second kappa shape index (κ2) is 9.97. The number of amides is 1. The van der Waals surface area contributed by atoms with E-state index in [1.54, 1.807) is 43.3 Å². The summed E-state index contributed by atoms with van der Waals surface area (Å²) in [5.41, 5.74) is 2.60. The molecule has 1 atom stereocenters. The lowest BCUT2D eigenvalue weighted by atomic mass is 9.99. The van der Waals surface area contributed by atoms with Gasteiger partial charge in [0.1, 0.15) is 35.7 Å². The van der Waals surface area contributed by atoms with Crippen molar-refractivity contribution in [1.82, 2.24) is 4.90 Å². The fourth-order valence-corrected chi connectivity index (χ4v) is 4.03. The number of Topliss-reactive ketones (excluding diaryl/α,β-unsaturated/α-hetero) is 1. The molecule has 7 nitrogen and oxygen atoms in total. The van der Waals surface area contributed by atoms with Gasteiger partial charge in [-0.05, 0) is 55.8 Å². The van der Waals surface area contributed by atoms with Crippen LogP contribution in [0.2, 0.25) is 0 Å². The summed E-state index contributed by atoms with van der Waals surface area (Å²) < 4.78 is 16.7. The number of rotatable bonds is 8. The van der Waals surface area contributed by atoms with E-state index in [2.05, 4.69) is 6.07 Å². The highest BCUT2D eigenvalue weighted by Gasteiger charge is 2.47. The van der Waals surface area contributed by atoms with Gasteiger partial charge in [0.25, 0.3) is 11.7 Å². The van der Waals surface area contributed by atoms with Crippen LogP contribution in [0.4, 0.5) is 0 Å². The van der Waals surface area contributed by atoms with Gasteiger partial charge in [-0.1, -0.05) is 29.8 Å². The zero-order chi connectivity index (χ0) is 24.2. The molecule has 1 N–H and O–H groups in total. The van der Waals surface area contributed by atoms with Crippen molar-refractivity contribution in [2.24, 2.45) is 0 Å². The van der Waals surface area contributed by atoms with Gasteiger partial charge in [0.05, 0.1) is 12.2 Å². The molecule has 34 heavy (non-hydrogen) atoms. The van der Waals surface area contributed by atoms with Crippen molar-refractivity contribution in [1.29, 1.82) is 0 Å². The number of likely N-dealkylation sites (tertiary alicyclic amines) is 1. The number of carbonyl (C=O) groups excluding carboxylic acids is 2. The molecule has 0 aliphatic carbocycles. The highest BCUT2D eigenvalue weighted by Crippen LogP contribution is 2.40. The number of nitrogens with zero attached hydrogens (tertiary/aromatic N) is 1. The molecule has 1 fully saturated rings. The monoisotopic (exact) mass is 461 g/mol. The summed E-state index contributed by atoms with van der Waals surface area (Å²) in [4.78, 5) is 27.1. The molecule has 1 amide bonds. The minimum Gasteiger partial charge on any atom is -0.507 e. The van der Waals surface area contributed by atoms with Gasteiger partial charge in [-0.2, -0.15) is 0 Å². The minimum atomic E-state index is -0.832. The van der Waals surface area contributed by atoms with E-state index in [-0.39, 0.29) is 24.5 Å². The average Bonchev–Trinajstić information content (AvgIpc) is 3.37. The Morgan fingerprint density at radius 2 is 1.82 bits per heavy atom. The molecule has 2 heterocycles. The van der Waals surface area contributed by atoms with Crippen molar-refractivity contribution in [3.63, 3.8) is 0 Å². The van der Waals surface area contributed by atoms with Crippen LogP contribution in [0.3, 0.4) is 0 Å². The Morgan fingerprint density at radius 3 is 2.47 bits per heavy atom. The maximum Gasteiger partial charge on any atom is 0.295 e. The Labute approximate surface area is 198 Å². The average molecular weight is 462 g/mol. The molecular formula is C27H27NO6. The number of ether oxygens (including phenoxy) is 2. The summed E-state index contributed by atoms with van der Waals surface area (Å²) >= 11 is 0. The lowest BCUT2D eigenvalue weighted by Crippen LogP contribution is -2.32. The molecule has 1 aliphatic heterocycles. The molecule has 3 aromatic rings. The summed E-state index contributed by atoms with van der Waals surface area (Å²) in [5.74, 6) is -0.0440.